The lowest BCUT2D eigenvalue weighted by atomic mass is 9.91. The Kier molecular flexibility index (Phi) is 5.69. The Hall–Kier alpha value is -0.830. The number of hydrogen-bond acceptors (Lipinski definition) is 2. The zero-order valence-electron chi connectivity index (χ0n) is 11.1. The number of carbonyl (C=O) groups is 1. The smallest absolute Gasteiger partial charge is 0.220 e. The van der Waals surface area contributed by atoms with E-state index in [0.29, 0.717) is 11.8 Å². The first-order valence-electron chi connectivity index (χ1n) is 6.26. The maximum Gasteiger partial charge on any atom is 0.220 e. The minimum Gasteiger partial charge on any atom is -0.356 e. The molecule has 0 aliphatic carbocycles. The highest BCUT2D eigenvalue weighted by atomic mass is 32.1. The van der Waals surface area contributed by atoms with Crippen LogP contribution < -0.4 is 5.32 Å². The van der Waals surface area contributed by atoms with Crippen molar-refractivity contribution in [1.29, 1.82) is 0 Å². The van der Waals surface area contributed by atoms with Crippen LogP contribution in [0.25, 0.3) is 0 Å². The van der Waals surface area contributed by atoms with Crippen molar-refractivity contribution >= 4 is 17.2 Å². The van der Waals surface area contributed by atoms with Crippen molar-refractivity contribution in [3.8, 4) is 0 Å². The van der Waals surface area contributed by atoms with Gasteiger partial charge in [-0.25, -0.2) is 0 Å². The maximum atomic E-state index is 11.6. The zero-order chi connectivity index (χ0) is 12.7. The highest BCUT2D eigenvalue weighted by molar-refractivity contribution is 7.09. The van der Waals surface area contributed by atoms with Gasteiger partial charge < -0.3 is 5.32 Å². The van der Waals surface area contributed by atoms with Gasteiger partial charge in [-0.05, 0) is 36.1 Å². The molecule has 0 radical (unpaired) electrons. The van der Waals surface area contributed by atoms with Crippen molar-refractivity contribution in [3.63, 3.8) is 0 Å². The molecule has 0 fully saturated rings. The van der Waals surface area contributed by atoms with Gasteiger partial charge in [0.15, 0.2) is 0 Å². The van der Waals surface area contributed by atoms with E-state index in [1.54, 1.807) is 11.3 Å². The predicted octanol–water partition coefficient (Wildman–Crippen LogP) is 3.62. The Bertz CT molecular complexity index is 324. The second kappa shape index (κ2) is 6.80. The molecule has 96 valence electrons. The molecule has 0 saturated carbocycles. The first-order chi connectivity index (χ1) is 7.97. The van der Waals surface area contributed by atoms with Gasteiger partial charge in [-0.15, -0.1) is 11.3 Å². The minimum absolute atomic E-state index is 0.173. The van der Waals surface area contributed by atoms with Crippen molar-refractivity contribution in [3.05, 3.63) is 22.4 Å². The van der Waals surface area contributed by atoms with Crippen LogP contribution in [0.4, 0.5) is 0 Å². The third-order valence-corrected chi connectivity index (χ3v) is 3.54. The molecule has 17 heavy (non-hydrogen) atoms. The van der Waals surface area contributed by atoms with Gasteiger partial charge in [-0.2, -0.15) is 0 Å². The van der Waals surface area contributed by atoms with E-state index in [0.717, 1.165) is 25.8 Å². The summed E-state index contributed by atoms with van der Waals surface area (Å²) in [6.07, 6.45) is 3.69. The van der Waals surface area contributed by atoms with E-state index < -0.39 is 0 Å². The van der Waals surface area contributed by atoms with E-state index in [1.807, 2.05) is 6.07 Å². The summed E-state index contributed by atoms with van der Waals surface area (Å²) in [5.41, 5.74) is 0.363. The van der Waals surface area contributed by atoms with Crippen LogP contribution in [0.3, 0.4) is 0 Å². The van der Waals surface area contributed by atoms with Gasteiger partial charge in [0, 0.05) is 17.8 Å². The van der Waals surface area contributed by atoms with Gasteiger partial charge >= 0.3 is 0 Å². The molecular weight excluding hydrogens is 230 g/mol. The molecule has 0 spiro atoms. The van der Waals surface area contributed by atoms with Crippen LogP contribution in [0.2, 0.25) is 0 Å². The summed E-state index contributed by atoms with van der Waals surface area (Å²) in [7, 11) is 0. The van der Waals surface area contributed by atoms with E-state index in [4.69, 9.17) is 0 Å². The molecule has 3 heteroatoms. The summed E-state index contributed by atoms with van der Waals surface area (Å²) < 4.78 is 0. The highest BCUT2D eigenvalue weighted by Crippen LogP contribution is 2.19. The zero-order valence-corrected chi connectivity index (χ0v) is 11.9. The monoisotopic (exact) mass is 253 g/mol. The summed E-state index contributed by atoms with van der Waals surface area (Å²) >= 11 is 1.72. The van der Waals surface area contributed by atoms with Gasteiger partial charge in [0.05, 0.1) is 0 Å². The Morgan fingerprint density at radius 2 is 2.18 bits per heavy atom. The summed E-state index contributed by atoms with van der Waals surface area (Å²) in [6, 6.07) is 4.11. The van der Waals surface area contributed by atoms with Crippen LogP contribution in [0, 0.1) is 5.41 Å². The van der Waals surface area contributed by atoms with Crippen molar-refractivity contribution in [1.82, 2.24) is 5.32 Å². The Morgan fingerprint density at radius 1 is 1.41 bits per heavy atom. The fourth-order valence-corrected chi connectivity index (χ4v) is 2.34. The van der Waals surface area contributed by atoms with Crippen LogP contribution in [0.15, 0.2) is 17.5 Å². The van der Waals surface area contributed by atoms with Crippen LogP contribution in [-0.2, 0) is 11.2 Å². The molecule has 1 heterocycles. The number of amides is 1. The average Bonchev–Trinajstić information content (AvgIpc) is 2.73. The van der Waals surface area contributed by atoms with E-state index in [9.17, 15) is 4.79 Å². The first-order valence-corrected chi connectivity index (χ1v) is 7.14. The fourth-order valence-electron chi connectivity index (χ4n) is 1.63. The third-order valence-electron chi connectivity index (χ3n) is 2.60. The fraction of sp³-hybridized carbons (Fsp3) is 0.643. The average molecular weight is 253 g/mol. The number of carbonyl (C=O) groups excluding carboxylic acids is 1. The Balaban J connectivity index is 2.06. The molecule has 1 aromatic heterocycles. The molecule has 0 unspecified atom stereocenters. The largest absolute Gasteiger partial charge is 0.356 e. The number of hydrogen-bond donors (Lipinski definition) is 1. The summed E-state index contributed by atoms with van der Waals surface area (Å²) in [6.45, 7) is 7.49. The molecule has 2 nitrogen and oxygen atoms in total. The summed E-state index contributed by atoms with van der Waals surface area (Å²) in [4.78, 5) is 12.8. The van der Waals surface area contributed by atoms with E-state index in [-0.39, 0.29) is 5.91 Å². The number of aryl methyl sites for hydroxylation is 1. The SMILES string of the molecule is CC(C)(C)CCCNC(=O)CCc1cccs1. The van der Waals surface area contributed by atoms with Gasteiger partial charge in [0.25, 0.3) is 0 Å². The molecule has 1 amide bonds. The lowest BCUT2D eigenvalue weighted by Crippen LogP contribution is -2.25. The van der Waals surface area contributed by atoms with Crippen molar-refractivity contribution < 1.29 is 4.79 Å². The number of thiophene rings is 1. The third kappa shape index (κ3) is 7.16. The second-order valence-electron chi connectivity index (χ2n) is 5.59. The molecule has 1 aromatic rings. The Morgan fingerprint density at radius 3 is 2.76 bits per heavy atom. The molecular formula is C14H23NOS. The summed E-state index contributed by atoms with van der Waals surface area (Å²) in [5.74, 6) is 0.173. The van der Waals surface area contributed by atoms with Crippen LogP contribution >= 0.6 is 11.3 Å². The van der Waals surface area contributed by atoms with Crippen LogP contribution in [0.1, 0.15) is 44.9 Å². The van der Waals surface area contributed by atoms with Crippen LogP contribution in [-0.4, -0.2) is 12.5 Å². The molecule has 0 aliphatic rings. The number of rotatable bonds is 6. The maximum absolute atomic E-state index is 11.6. The van der Waals surface area contributed by atoms with Crippen molar-refractivity contribution in [2.24, 2.45) is 5.41 Å². The molecule has 0 aliphatic heterocycles. The van der Waals surface area contributed by atoms with E-state index in [2.05, 4.69) is 37.5 Å². The first kappa shape index (κ1) is 14.2. The minimum atomic E-state index is 0.173. The molecule has 0 saturated heterocycles. The predicted molar refractivity (Wildman–Crippen MR) is 74.3 cm³/mol. The molecule has 0 bridgehead atoms. The lowest BCUT2D eigenvalue weighted by molar-refractivity contribution is -0.121. The molecule has 0 aromatic carbocycles. The van der Waals surface area contributed by atoms with Gasteiger partial charge in [0.2, 0.25) is 5.91 Å². The van der Waals surface area contributed by atoms with Crippen molar-refractivity contribution in [2.75, 3.05) is 6.54 Å². The standard InChI is InChI=1S/C14H23NOS/c1-14(2,3)9-5-10-15-13(16)8-7-12-6-4-11-17-12/h4,6,11H,5,7-10H2,1-3H3,(H,15,16). The second-order valence-corrected chi connectivity index (χ2v) is 6.63. The van der Waals surface area contributed by atoms with E-state index in [1.165, 1.54) is 4.88 Å². The van der Waals surface area contributed by atoms with Gasteiger partial charge in [0.1, 0.15) is 0 Å². The lowest BCUT2D eigenvalue weighted by Gasteiger charge is -2.17. The van der Waals surface area contributed by atoms with Gasteiger partial charge in [-0.1, -0.05) is 26.8 Å². The topological polar surface area (TPSA) is 29.1 Å². The molecule has 1 rings (SSSR count). The van der Waals surface area contributed by atoms with E-state index >= 15 is 0 Å². The normalized spacial score (nSPS) is 11.5. The highest BCUT2D eigenvalue weighted by Gasteiger charge is 2.09. The van der Waals surface area contributed by atoms with Gasteiger partial charge in [-0.3, -0.25) is 4.79 Å². The van der Waals surface area contributed by atoms with Crippen LogP contribution in [0.5, 0.6) is 0 Å². The van der Waals surface area contributed by atoms with Crippen molar-refractivity contribution in [2.45, 2.75) is 46.5 Å². The molecule has 0 atom stereocenters. The summed E-state index contributed by atoms with van der Waals surface area (Å²) in [5, 5.41) is 5.04. The number of nitrogens with one attached hydrogen (secondary N) is 1. The Labute approximate surface area is 108 Å². The molecule has 1 N–H and O–H groups in total. The quantitative estimate of drug-likeness (QED) is 0.771.